The van der Waals surface area contributed by atoms with Gasteiger partial charge < -0.3 is 0 Å². The third-order valence-electron chi connectivity index (χ3n) is 1.20. The van der Waals surface area contributed by atoms with Crippen molar-refractivity contribution in [2.24, 2.45) is 5.92 Å². The van der Waals surface area contributed by atoms with Gasteiger partial charge >= 0.3 is 0 Å². The van der Waals surface area contributed by atoms with Crippen molar-refractivity contribution < 1.29 is 0 Å². The first-order valence-corrected chi connectivity index (χ1v) is 4.45. The lowest BCUT2D eigenvalue weighted by Gasteiger charge is -2.06. The number of thioether (sulfide) groups is 1. The predicted octanol–water partition coefficient (Wildman–Crippen LogP) is 2.66. The van der Waals surface area contributed by atoms with E-state index in [1.54, 1.807) is 0 Å². The molecule has 0 saturated carbocycles. The van der Waals surface area contributed by atoms with Gasteiger partial charge in [-0.2, -0.15) is 0 Å². The highest BCUT2D eigenvalue weighted by molar-refractivity contribution is 8.02. The summed E-state index contributed by atoms with van der Waals surface area (Å²) in [5.41, 5.74) is 0.229. The first-order chi connectivity index (χ1) is 5.17. The maximum atomic E-state index is 8.54. The van der Waals surface area contributed by atoms with E-state index >= 15 is 0 Å². The molecule has 0 amide bonds. The molecular formula is C8H10N2S. The number of nitriles is 1. The van der Waals surface area contributed by atoms with E-state index in [0.29, 0.717) is 0 Å². The zero-order chi connectivity index (χ0) is 8.85. The van der Waals surface area contributed by atoms with E-state index in [1.807, 2.05) is 26.2 Å². The molecule has 3 heteroatoms. The van der Waals surface area contributed by atoms with E-state index in [2.05, 4.69) is 4.85 Å². The first-order valence-electron chi connectivity index (χ1n) is 3.23. The Bertz CT molecular complexity index is 224. The van der Waals surface area contributed by atoms with Crippen molar-refractivity contribution in [3.05, 3.63) is 22.0 Å². The summed E-state index contributed by atoms with van der Waals surface area (Å²) in [7, 11) is 0. The SMILES string of the molecule is [C-]#[N+]/C(C#N)=C(\SC)C(C)C. The van der Waals surface area contributed by atoms with E-state index < -0.39 is 0 Å². The van der Waals surface area contributed by atoms with Crippen molar-refractivity contribution in [3.63, 3.8) is 0 Å². The van der Waals surface area contributed by atoms with Crippen LogP contribution in [0, 0.1) is 23.8 Å². The Hall–Kier alpha value is -0.930. The van der Waals surface area contributed by atoms with Gasteiger partial charge in [-0.25, -0.2) is 10.1 Å². The summed E-state index contributed by atoms with van der Waals surface area (Å²) in [4.78, 5) is 4.02. The highest BCUT2D eigenvalue weighted by Crippen LogP contribution is 2.25. The van der Waals surface area contributed by atoms with Crippen molar-refractivity contribution >= 4 is 11.8 Å². The minimum atomic E-state index is 0.229. The van der Waals surface area contributed by atoms with Gasteiger partial charge in [-0.3, -0.25) is 0 Å². The lowest BCUT2D eigenvalue weighted by Crippen LogP contribution is -1.91. The molecule has 0 spiro atoms. The average Bonchev–Trinajstić information content (AvgIpc) is 1.99. The summed E-state index contributed by atoms with van der Waals surface area (Å²) in [5, 5.41) is 8.54. The van der Waals surface area contributed by atoms with Gasteiger partial charge in [0.25, 0.3) is 5.70 Å². The number of allylic oxidation sites excluding steroid dienone is 2. The second kappa shape index (κ2) is 4.82. The van der Waals surface area contributed by atoms with Gasteiger partial charge in [-0.1, -0.05) is 13.8 Å². The van der Waals surface area contributed by atoms with E-state index in [0.717, 1.165) is 4.91 Å². The Morgan fingerprint density at radius 3 is 2.27 bits per heavy atom. The predicted molar refractivity (Wildman–Crippen MR) is 47.6 cm³/mol. The van der Waals surface area contributed by atoms with Crippen LogP contribution >= 0.6 is 11.8 Å². The van der Waals surface area contributed by atoms with Crippen molar-refractivity contribution in [2.75, 3.05) is 6.26 Å². The lowest BCUT2D eigenvalue weighted by molar-refractivity contribution is 0.813. The molecule has 0 aromatic rings. The van der Waals surface area contributed by atoms with Crippen LogP contribution in [0.15, 0.2) is 10.6 Å². The smallest absolute Gasteiger partial charge is 0.226 e. The molecule has 0 aromatic heterocycles. The van der Waals surface area contributed by atoms with Crippen LogP contribution in [0.25, 0.3) is 4.85 Å². The van der Waals surface area contributed by atoms with Gasteiger partial charge in [0.1, 0.15) is 0 Å². The molecular weight excluding hydrogens is 156 g/mol. The van der Waals surface area contributed by atoms with Gasteiger partial charge in [0.05, 0.1) is 12.6 Å². The van der Waals surface area contributed by atoms with Crippen LogP contribution in [-0.4, -0.2) is 6.26 Å². The molecule has 0 aliphatic carbocycles. The summed E-state index contributed by atoms with van der Waals surface area (Å²) in [6.45, 7) is 10.7. The van der Waals surface area contributed by atoms with Crippen LogP contribution in [-0.2, 0) is 0 Å². The molecule has 0 radical (unpaired) electrons. The molecule has 0 fully saturated rings. The van der Waals surface area contributed by atoms with Crippen molar-refractivity contribution in [1.82, 2.24) is 0 Å². The van der Waals surface area contributed by atoms with Crippen molar-refractivity contribution in [1.29, 1.82) is 5.26 Å². The fourth-order valence-corrected chi connectivity index (χ4v) is 1.50. The normalized spacial score (nSPS) is 11.8. The average molecular weight is 166 g/mol. The lowest BCUT2D eigenvalue weighted by atomic mass is 10.2. The summed E-state index contributed by atoms with van der Waals surface area (Å²) in [5.74, 6) is 0.272. The largest absolute Gasteiger partial charge is 0.271 e. The van der Waals surface area contributed by atoms with Gasteiger partial charge in [-0.05, 0) is 12.2 Å². The molecule has 0 aromatic carbocycles. The minimum absolute atomic E-state index is 0.229. The van der Waals surface area contributed by atoms with E-state index in [-0.39, 0.29) is 11.6 Å². The maximum absolute atomic E-state index is 8.54. The zero-order valence-corrected chi connectivity index (χ0v) is 7.70. The Kier molecular flexibility index (Phi) is 4.41. The van der Waals surface area contributed by atoms with E-state index in [1.165, 1.54) is 11.8 Å². The Morgan fingerprint density at radius 2 is 2.18 bits per heavy atom. The molecule has 0 heterocycles. The summed E-state index contributed by atoms with van der Waals surface area (Å²) in [6.07, 6.45) is 1.89. The number of rotatable bonds is 2. The van der Waals surface area contributed by atoms with Crippen LogP contribution in [0.2, 0.25) is 0 Å². The first kappa shape index (κ1) is 10.1. The van der Waals surface area contributed by atoms with Crippen molar-refractivity contribution in [2.45, 2.75) is 13.8 Å². The minimum Gasteiger partial charge on any atom is -0.226 e. The van der Waals surface area contributed by atoms with Crippen LogP contribution in [0.4, 0.5) is 0 Å². The Labute approximate surface area is 71.7 Å². The summed E-state index contributed by atoms with van der Waals surface area (Å²) in [6, 6.07) is 1.89. The van der Waals surface area contributed by atoms with Crippen LogP contribution in [0.1, 0.15) is 13.8 Å². The molecule has 0 bridgehead atoms. The standard InChI is InChI=1S/C8H10N2S/c1-6(2)8(11-4)7(5-9)10-3/h6H,1-2,4H3/b8-7-. The molecule has 0 atom stereocenters. The highest BCUT2D eigenvalue weighted by atomic mass is 32.2. The summed E-state index contributed by atoms with van der Waals surface area (Å²) < 4.78 is 0. The van der Waals surface area contributed by atoms with Crippen molar-refractivity contribution in [3.8, 4) is 6.07 Å². The molecule has 0 rings (SSSR count). The number of hydrogen-bond donors (Lipinski definition) is 0. The quantitative estimate of drug-likeness (QED) is 0.466. The second-order valence-corrected chi connectivity index (χ2v) is 3.14. The fraction of sp³-hybridized carbons (Fsp3) is 0.500. The molecule has 58 valence electrons. The van der Waals surface area contributed by atoms with Gasteiger partial charge in [0, 0.05) is 4.91 Å². The molecule has 0 saturated heterocycles. The summed E-state index contributed by atoms with van der Waals surface area (Å²) >= 11 is 1.48. The van der Waals surface area contributed by atoms with Crippen LogP contribution in [0.5, 0.6) is 0 Å². The molecule has 0 unspecified atom stereocenters. The topological polar surface area (TPSA) is 28.1 Å². The third kappa shape index (κ3) is 2.65. The van der Waals surface area contributed by atoms with Gasteiger partial charge in [0.15, 0.2) is 0 Å². The monoisotopic (exact) mass is 166 g/mol. The fourth-order valence-electron chi connectivity index (χ4n) is 0.741. The van der Waals surface area contributed by atoms with Gasteiger partial charge in [-0.15, -0.1) is 11.8 Å². The number of nitrogens with zero attached hydrogens (tertiary/aromatic N) is 2. The molecule has 0 aliphatic heterocycles. The van der Waals surface area contributed by atoms with E-state index in [4.69, 9.17) is 11.8 Å². The molecule has 2 nitrogen and oxygen atoms in total. The zero-order valence-electron chi connectivity index (χ0n) is 6.88. The maximum Gasteiger partial charge on any atom is 0.271 e. The Balaban J connectivity index is 4.86. The Morgan fingerprint density at radius 1 is 1.64 bits per heavy atom. The molecule has 0 aliphatic rings. The third-order valence-corrected chi connectivity index (χ3v) is 2.30. The van der Waals surface area contributed by atoms with Crippen LogP contribution < -0.4 is 0 Å². The number of hydrogen-bond acceptors (Lipinski definition) is 2. The highest BCUT2D eigenvalue weighted by Gasteiger charge is 2.08. The second-order valence-electron chi connectivity index (χ2n) is 2.30. The van der Waals surface area contributed by atoms with E-state index in [9.17, 15) is 0 Å². The van der Waals surface area contributed by atoms with Gasteiger partial charge in [0.2, 0.25) is 0 Å². The molecule has 0 N–H and O–H groups in total. The van der Waals surface area contributed by atoms with Crippen LogP contribution in [0.3, 0.4) is 0 Å². The molecule has 11 heavy (non-hydrogen) atoms.